The van der Waals surface area contributed by atoms with Crippen molar-refractivity contribution in [1.82, 2.24) is 19.5 Å². The zero-order chi connectivity index (χ0) is 29.7. The van der Waals surface area contributed by atoms with Crippen LogP contribution in [-0.4, -0.2) is 62.8 Å². The molecule has 3 aromatic rings. The van der Waals surface area contributed by atoms with Crippen LogP contribution in [0.5, 0.6) is 0 Å². The molecule has 0 saturated carbocycles. The maximum atomic E-state index is 13.0. The number of hydrogen-bond acceptors (Lipinski definition) is 8. The summed E-state index contributed by atoms with van der Waals surface area (Å²) in [6, 6.07) is 10.5. The van der Waals surface area contributed by atoms with Crippen LogP contribution in [0.2, 0.25) is 0 Å². The standard InChI is InChI=1S/C30H38N6O5/c1-6-19-14-15-32-23(17-19)33-27(37)21-12-10-20(11-13-21)24-25(28(38)40-7-2)36(31)26(34-24)22-9-8-16-35(18-22)29(39)41-30(3,4)5/h10-15,17,22H,6-9,16,18,31H2,1-5H3,(H,32,33,37). The fourth-order valence-corrected chi connectivity index (χ4v) is 4.74. The highest BCUT2D eigenvalue weighted by Crippen LogP contribution is 2.32. The van der Waals surface area contributed by atoms with Crippen LogP contribution in [0.3, 0.4) is 0 Å². The lowest BCUT2D eigenvalue weighted by atomic mass is 9.97. The summed E-state index contributed by atoms with van der Waals surface area (Å²) in [7, 11) is 0. The molecule has 0 aliphatic carbocycles. The van der Waals surface area contributed by atoms with Gasteiger partial charge in [0.05, 0.1) is 6.61 Å². The number of carbonyl (C=O) groups excluding carboxylic acids is 3. The third-order valence-electron chi connectivity index (χ3n) is 6.74. The fraction of sp³-hybridized carbons (Fsp3) is 0.433. The minimum absolute atomic E-state index is 0.106. The van der Waals surface area contributed by atoms with Crippen molar-refractivity contribution in [3.63, 3.8) is 0 Å². The smallest absolute Gasteiger partial charge is 0.410 e. The van der Waals surface area contributed by atoms with E-state index in [0.717, 1.165) is 24.8 Å². The van der Waals surface area contributed by atoms with Crippen LogP contribution < -0.4 is 11.2 Å². The lowest BCUT2D eigenvalue weighted by Crippen LogP contribution is -2.43. The van der Waals surface area contributed by atoms with Gasteiger partial charge in [-0.25, -0.2) is 24.2 Å². The Labute approximate surface area is 240 Å². The molecule has 4 rings (SSSR count). The number of benzene rings is 1. The molecule has 0 spiro atoms. The number of carbonyl (C=O) groups is 3. The number of pyridine rings is 1. The zero-order valence-electron chi connectivity index (χ0n) is 24.3. The molecule has 1 aliphatic rings. The number of nitrogens with one attached hydrogen (secondary N) is 1. The number of amides is 2. The number of nitrogen functional groups attached to an aromatic ring is 1. The van der Waals surface area contributed by atoms with Crippen LogP contribution >= 0.6 is 0 Å². The maximum absolute atomic E-state index is 13.0. The van der Waals surface area contributed by atoms with Gasteiger partial charge >= 0.3 is 12.1 Å². The summed E-state index contributed by atoms with van der Waals surface area (Å²) in [5.41, 5.74) is 1.93. The quantitative estimate of drug-likeness (QED) is 0.310. The first-order valence-corrected chi connectivity index (χ1v) is 13.9. The molecular formula is C30H38N6O5. The van der Waals surface area contributed by atoms with E-state index in [4.69, 9.17) is 20.3 Å². The van der Waals surface area contributed by atoms with Crippen LogP contribution in [0.15, 0.2) is 42.6 Å². The number of nitrogens with two attached hydrogens (primary N) is 1. The SMILES string of the molecule is CCOC(=O)c1c(-c2ccc(C(=O)Nc3cc(CC)ccn3)cc2)nc(C2CCCN(C(=O)OC(C)(C)C)C2)n1N. The second-order valence-electron chi connectivity index (χ2n) is 11.0. The number of rotatable bonds is 7. The van der Waals surface area contributed by atoms with Crippen LogP contribution in [0.1, 0.15) is 85.6 Å². The topological polar surface area (TPSA) is 142 Å². The van der Waals surface area contributed by atoms with Gasteiger partial charge in [-0.3, -0.25) is 4.79 Å². The van der Waals surface area contributed by atoms with Crippen molar-refractivity contribution >= 4 is 23.8 Å². The molecule has 3 heterocycles. The Morgan fingerprint density at radius 1 is 1.12 bits per heavy atom. The molecular weight excluding hydrogens is 524 g/mol. The van der Waals surface area contributed by atoms with Crippen molar-refractivity contribution in [3.05, 3.63) is 65.2 Å². The molecule has 1 unspecified atom stereocenters. The van der Waals surface area contributed by atoms with Crippen molar-refractivity contribution in [2.45, 2.75) is 65.4 Å². The molecule has 41 heavy (non-hydrogen) atoms. The molecule has 1 aliphatic heterocycles. The van der Waals surface area contributed by atoms with Crippen molar-refractivity contribution < 1.29 is 23.9 Å². The molecule has 1 fully saturated rings. The van der Waals surface area contributed by atoms with E-state index in [0.29, 0.717) is 41.6 Å². The molecule has 0 bridgehead atoms. The molecule has 11 nitrogen and oxygen atoms in total. The largest absolute Gasteiger partial charge is 0.461 e. The van der Waals surface area contributed by atoms with Crippen molar-refractivity contribution in [3.8, 4) is 11.3 Å². The van der Waals surface area contributed by atoms with Crippen LogP contribution in [-0.2, 0) is 15.9 Å². The molecule has 2 amide bonds. The Hall–Kier alpha value is -4.41. The molecule has 1 atom stereocenters. The Balaban J connectivity index is 1.60. The average molecular weight is 563 g/mol. The van der Waals surface area contributed by atoms with E-state index in [9.17, 15) is 14.4 Å². The van der Waals surface area contributed by atoms with Gasteiger partial charge in [0.1, 0.15) is 22.9 Å². The summed E-state index contributed by atoms with van der Waals surface area (Å²) >= 11 is 0. The minimum Gasteiger partial charge on any atom is -0.461 e. The lowest BCUT2D eigenvalue weighted by Gasteiger charge is -2.33. The number of aromatic nitrogens is 3. The van der Waals surface area contributed by atoms with Crippen LogP contribution in [0, 0.1) is 0 Å². The third-order valence-corrected chi connectivity index (χ3v) is 6.74. The van der Waals surface area contributed by atoms with Crippen LogP contribution in [0.25, 0.3) is 11.3 Å². The lowest BCUT2D eigenvalue weighted by molar-refractivity contribution is 0.0194. The van der Waals surface area contributed by atoms with Gasteiger partial charge < -0.3 is 25.5 Å². The van der Waals surface area contributed by atoms with Gasteiger partial charge in [-0.05, 0) is 76.8 Å². The van der Waals surface area contributed by atoms with Crippen molar-refractivity contribution in [2.24, 2.45) is 0 Å². The normalized spacial score (nSPS) is 15.3. The number of anilines is 1. The Morgan fingerprint density at radius 3 is 2.51 bits per heavy atom. The number of piperidine rings is 1. The number of esters is 1. The first-order valence-electron chi connectivity index (χ1n) is 13.9. The highest BCUT2D eigenvalue weighted by Gasteiger charge is 2.33. The molecule has 11 heteroatoms. The van der Waals surface area contributed by atoms with E-state index in [-0.39, 0.29) is 24.1 Å². The second-order valence-corrected chi connectivity index (χ2v) is 11.0. The van der Waals surface area contributed by atoms with E-state index in [1.165, 1.54) is 4.68 Å². The number of nitrogens with zero attached hydrogens (tertiary/aromatic N) is 4. The zero-order valence-corrected chi connectivity index (χ0v) is 24.3. The molecule has 0 radical (unpaired) electrons. The molecule has 218 valence electrons. The average Bonchev–Trinajstić information content (AvgIpc) is 3.29. The molecule has 1 aromatic carbocycles. The second kappa shape index (κ2) is 12.4. The summed E-state index contributed by atoms with van der Waals surface area (Å²) in [5, 5.41) is 2.82. The van der Waals surface area contributed by atoms with E-state index in [1.807, 2.05) is 39.8 Å². The Morgan fingerprint density at radius 2 is 1.85 bits per heavy atom. The van der Waals surface area contributed by atoms with Gasteiger partial charge in [-0.15, -0.1) is 0 Å². The number of likely N-dealkylation sites (tertiary alicyclic amines) is 1. The predicted octanol–water partition coefficient (Wildman–Crippen LogP) is 4.76. The first-order chi connectivity index (χ1) is 19.5. The van der Waals surface area contributed by atoms with Crippen LogP contribution in [0.4, 0.5) is 10.6 Å². The number of aryl methyl sites for hydroxylation is 1. The van der Waals surface area contributed by atoms with Gasteiger partial charge in [-0.1, -0.05) is 19.1 Å². The summed E-state index contributed by atoms with van der Waals surface area (Å²) in [5.74, 6) is 6.29. The fourth-order valence-electron chi connectivity index (χ4n) is 4.74. The molecule has 2 aromatic heterocycles. The molecule has 3 N–H and O–H groups in total. The Bertz CT molecular complexity index is 1410. The minimum atomic E-state index is -0.611. The highest BCUT2D eigenvalue weighted by molar-refractivity contribution is 6.04. The maximum Gasteiger partial charge on any atom is 0.410 e. The van der Waals surface area contributed by atoms with E-state index in [1.54, 1.807) is 42.3 Å². The van der Waals surface area contributed by atoms with Crippen molar-refractivity contribution in [1.29, 1.82) is 0 Å². The monoisotopic (exact) mass is 562 g/mol. The van der Waals surface area contributed by atoms with Gasteiger partial charge in [-0.2, -0.15) is 0 Å². The number of ether oxygens (including phenoxy) is 2. The summed E-state index contributed by atoms with van der Waals surface area (Å²) in [6.07, 6.45) is 3.57. The first kappa shape index (κ1) is 29.6. The van der Waals surface area contributed by atoms with Crippen molar-refractivity contribution in [2.75, 3.05) is 30.9 Å². The number of imidazole rings is 1. The van der Waals surface area contributed by atoms with Gasteiger partial charge in [0, 0.05) is 36.3 Å². The Kier molecular flexibility index (Phi) is 8.95. The van der Waals surface area contributed by atoms with Gasteiger partial charge in [0.25, 0.3) is 5.91 Å². The van der Waals surface area contributed by atoms with Gasteiger partial charge in [0.2, 0.25) is 0 Å². The summed E-state index contributed by atoms with van der Waals surface area (Å²) in [4.78, 5) is 49.2. The molecule has 1 saturated heterocycles. The van der Waals surface area contributed by atoms with Gasteiger partial charge in [0.15, 0.2) is 5.69 Å². The van der Waals surface area contributed by atoms with E-state index in [2.05, 4.69) is 10.3 Å². The highest BCUT2D eigenvalue weighted by atomic mass is 16.6. The number of hydrogen-bond donors (Lipinski definition) is 2. The third kappa shape index (κ3) is 7.03. The van der Waals surface area contributed by atoms with E-state index < -0.39 is 17.7 Å². The summed E-state index contributed by atoms with van der Waals surface area (Å²) in [6.45, 7) is 10.3. The summed E-state index contributed by atoms with van der Waals surface area (Å²) < 4.78 is 12.1. The predicted molar refractivity (Wildman–Crippen MR) is 155 cm³/mol. The van der Waals surface area contributed by atoms with E-state index >= 15 is 0 Å².